The van der Waals surface area contributed by atoms with Crippen molar-refractivity contribution >= 4 is 16.9 Å². The quantitative estimate of drug-likeness (QED) is 0.277. The Morgan fingerprint density at radius 2 is 1.68 bits per heavy atom. The molecule has 13 heteroatoms. The van der Waals surface area contributed by atoms with Gasteiger partial charge in [-0.05, 0) is 60.8 Å². The van der Waals surface area contributed by atoms with E-state index in [1.807, 2.05) is 0 Å². The molecule has 0 aliphatic heterocycles. The Morgan fingerprint density at radius 3 is 2.30 bits per heavy atom. The van der Waals surface area contributed by atoms with Gasteiger partial charge in [0.05, 0.1) is 16.9 Å². The summed E-state index contributed by atoms with van der Waals surface area (Å²) >= 11 is 0. The van der Waals surface area contributed by atoms with Crippen LogP contribution in [0, 0.1) is 0 Å². The molecule has 0 spiro atoms. The topological polar surface area (TPSA) is 78.5 Å². The normalized spacial score (nSPS) is 13.1. The smallest absolute Gasteiger partial charge is 0.487 e. The lowest BCUT2D eigenvalue weighted by atomic mass is 10.1. The lowest BCUT2D eigenvalue weighted by molar-refractivity contribution is -0.274. The third-order valence-corrected chi connectivity index (χ3v) is 5.43. The Morgan fingerprint density at radius 1 is 1.00 bits per heavy atom. The van der Waals surface area contributed by atoms with Crippen molar-refractivity contribution in [1.82, 2.24) is 14.3 Å². The monoisotopic (exact) mass is 527 g/mol. The molecule has 0 saturated heterocycles. The molecule has 2 aromatic carbocycles. The second-order valence-corrected chi connectivity index (χ2v) is 8.11. The maximum absolute atomic E-state index is 13.2. The first-order valence-corrected chi connectivity index (χ1v) is 10.7. The molecule has 4 rings (SSSR count). The molecule has 0 aliphatic carbocycles. The summed E-state index contributed by atoms with van der Waals surface area (Å²) in [5, 5.41) is 14.0. The first-order valence-electron chi connectivity index (χ1n) is 10.7. The Kier molecular flexibility index (Phi) is 6.80. The molecule has 1 unspecified atom stereocenters. The van der Waals surface area contributed by atoms with Gasteiger partial charge >= 0.3 is 18.5 Å². The predicted octanol–water partition coefficient (Wildman–Crippen LogP) is 6.19. The molecule has 4 aromatic rings. The van der Waals surface area contributed by atoms with Gasteiger partial charge in [0.1, 0.15) is 30.7 Å². The summed E-state index contributed by atoms with van der Waals surface area (Å²) in [6.07, 6.45) is -7.85. The van der Waals surface area contributed by atoms with Crippen LogP contribution in [0.25, 0.3) is 22.2 Å². The van der Waals surface area contributed by atoms with Crippen LogP contribution in [-0.2, 0) is 17.9 Å². The summed E-state index contributed by atoms with van der Waals surface area (Å²) in [5.41, 5.74) is 1.01. The van der Waals surface area contributed by atoms with Crippen molar-refractivity contribution in [3.05, 3.63) is 66.5 Å². The van der Waals surface area contributed by atoms with Crippen molar-refractivity contribution in [2.45, 2.75) is 38.7 Å². The summed E-state index contributed by atoms with van der Waals surface area (Å²) in [5.74, 6) is -1.22. The van der Waals surface area contributed by atoms with Gasteiger partial charge in [0.15, 0.2) is 0 Å². The number of carboxylic acid groups (broad SMARTS) is 1. The first kappa shape index (κ1) is 25.9. The number of halogens is 6. The number of carboxylic acids is 1. The highest BCUT2D eigenvalue weighted by Crippen LogP contribution is 2.29. The molecule has 37 heavy (non-hydrogen) atoms. The highest BCUT2D eigenvalue weighted by atomic mass is 19.4. The third-order valence-electron chi connectivity index (χ3n) is 5.43. The largest absolute Gasteiger partial charge is 0.573 e. The lowest BCUT2D eigenvalue weighted by Crippen LogP contribution is -2.21. The number of hydrogen-bond acceptors (Lipinski definition) is 4. The van der Waals surface area contributed by atoms with Crippen molar-refractivity contribution in [1.29, 1.82) is 0 Å². The van der Waals surface area contributed by atoms with Crippen LogP contribution in [0.3, 0.4) is 0 Å². The van der Waals surface area contributed by atoms with Crippen LogP contribution >= 0.6 is 0 Å². The second-order valence-electron chi connectivity index (χ2n) is 8.11. The van der Waals surface area contributed by atoms with E-state index < -0.39 is 36.8 Å². The van der Waals surface area contributed by atoms with Crippen molar-refractivity contribution in [2.24, 2.45) is 0 Å². The molecule has 1 N–H and O–H groups in total. The molecule has 2 heterocycles. The van der Waals surface area contributed by atoms with Gasteiger partial charge in [0, 0.05) is 17.8 Å². The first-order chi connectivity index (χ1) is 17.3. The zero-order valence-corrected chi connectivity index (χ0v) is 19.0. The van der Waals surface area contributed by atoms with E-state index in [1.54, 1.807) is 30.5 Å². The number of fused-ring (bicyclic) bond motifs is 1. The van der Waals surface area contributed by atoms with Gasteiger partial charge < -0.3 is 19.1 Å². The Balaban J connectivity index is 1.59. The van der Waals surface area contributed by atoms with Gasteiger partial charge in [-0.1, -0.05) is 0 Å². The number of carbonyl (C=O) groups is 1. The van der Waals surface area contributed by atoms with Gasteiger partial charge in [0.2, 0.25) is 0 Å². The molecule has 0 radical (unpaired) electrons. The Labute approximate surface area is 205 Å². The van der Waals surface area contributed by atoms with E-state index in [-0.39, 0.29) is 23.6 Å². The zero-order valence-electron chi connectivity index (χ0n) is 19.0. The Bertz CT molecular complexity index is 1410. The summed E-state index contributed by atoms with van der Waals surface area (Å²) in [7, 11) is 0. The number of aromatic nitrogens is 3. The summed E-state index contributed by atoms with van der Waals surface area (Å²) in [6.45, 7) is -0.202. The van der Waals surface area contributed by atoms with Gasteiger partial charge in [-0.15, -0.1) is 13.2 Å². The maximum Gasteiger partial charge on any atom is 0.573 e. The van der Waals surface area contributed by atoms with Crippen molar-refractivity contribution in [3.8, 4) is 22.8 Å². The minimum Gasteiger partial charge on any atom is -0.487 e. The fourth-order valence-electron chi connectivity index (χ4n) is 3.68. The average Bonchev–Trinajstić information content (AvgIpc) is 3.39. The Hall–Kier alpha value is -4.16. The van der Waals surface area contributed by atoms with Crippen LogP contribution < -0.4 is 9.47 Å². The van der Waals surface area contributed by atoms with Crippen molar-refractivity contribution in [3.63, 3.8) is 0 Å². The van der Waals surface area contributed by atoms with E-state index in [1.165, 1.54) is 29.7 Å². The predicted molar refractivity (Wildman–Crippen MR) is 119 cm³/mol. The molecular formula is C24H19F6N3O4. The summed E-state index contributed by atoms with van der Waals surface area (Å²) in [6, 6.07) is 11.7. The van der Waals surface area contributed by atoms with E-state index >= 15 is 0 Å². The number of aliphatic carboxylic acids is 1. The van der Waals surface area contributed by atoms with Crippen molar-refractivity contribution in [2.75, 3.05) is 0 Å². The summed E-state index contributed by atoms with van der Waals surface area (Å²) < 4.78 is 88.4. The standard InChI is InChI=1S/C24H19F6N3O4/c1-14(22(34)35)32-9-8-16-4-7-19(11-21(16)32)36-12-17-10-20(31-33(17)13-23(25,26)27)15-2-5-18(6-3-15)37-24(28,29)30/h2-11,14H,12-13H2,1H3,(H,34,35). The molecule has 0 amide bonds. The fraction of sp³-hybridized carbons (Fsp3) is 0.250. The van der Waals surface area contributed by atoms with E-state index in [4.69, 9.17) is 4.74 Å². The molecule has 0 aliphatic rings. The summed E-state index contributed by atoms with van der Waals surface area (Å²) in [4.78, 5) is 11.4. The van der Waals surface area contributed by atoms with Crippen LogP contribution in [0.2, 0.25) is 0 Å². The van der Waals surface area contributed by atoms with E-state index in [0.717, 1.165) is 17.5 Å². The van der Waals surface area contributed by atoms with Crippen LogP contribution in [0.15, 0.2) is 60.8 Å². The highest BCUT2D eigenvalue weighted by molar-refractivity contribution is 5.84. The molecule has 1 atom stereocenters. The van der Waals surface area contributed by atoms with E-state index in [0.29, 0.717) is 15.9 Å². The van der Waals surface area contributed by atoms with Gasteiger partial charge in [-0.2, -0.15) is 18.3 Å². The number of alkyl halides is 6. The molecule has 7 nitrogen and oxygen atoms in total. The molecular weight excluding hydrogens is 508 g/mol. The number of hydrogen-bond donors (Lipinski definition) is 1. The SMILES string of the molecule is CC(C(=O)O)n1ccc2ccc(OCc3cc(-c4ccc(OC(F)(F)F)cc4)nn3CC(F)(F)F)cc21. The molecule has 2 aromatic heterocycles. The number of nitrogens with zero attached hydrogens (tertiary/aromatic N) is 3. The van der Waals surface area contributed by atoms with Gasteiger partial charge in [-0.25, -0.2) is 4.79 Å². The van der Waals surface area contributed by atoms with Crippen LogP contribution in [0.5, 0.6) is 11.5 Å². The number of rotatable bonds is 8. The van der Waals surface area contributed by atoms with Gasteiger partial charge in [0.25, 0.3) is 0 Å². The minimum absolute atomic E-state index is 0.0670. The molecule has 0 bridgehead atoms. The number of ether oxygens (including phenoxy) is 2. The van der Waals surface area contributed by atoms with E-state index in [2.05, 4.69) is 9.84 Å². The highest BCUT2D eigenvalue weighted by Gasteiger charge is 2.31. The van der Waals surface area contributed by atoms with Crippen LogP contribution in [0.4, 0.5) is 26.3 Å². The molecule has 196 valence electrons. The van der Waals surface area contributed by atoms with E-state index in [9.17, 15) is 36.2 Å². The minimum atomic E-state index is -4.88. The maximum atomic E-state index is 13.2. The van der Waals surface area contributed by atoms with Crippen molar-refractivity contribution < 1.29 is 45.7 Å². The number of benzene rings is 2. The fourth-order valence-corrected chi connectivity index (χ4v) is 3.68. The van der Waals surface area contributed by atoms with Crippen LogP contribution in [-0.4, -0.2) is 38.0 Å². The van der Waals surface area contributed by atoms with Gasteiger partial charge in [-0.3, -0.25) is 4.68 Å². The third kappa shape index (κ3) is 6.35. The lowest BCUT2D eigenvalue weighted by Gasteiger charge is -2.13. The van der Waals surface area contributed by atoms with Crippen LogP contribution in [0.1, 0.15) is 18.7 Å². The second kappa shape index (κ2) is 9.71. The average molecular weight is 527 g/mol. The molecule has 0 saturated carbocycles. The molecule has 0 fully saturated rings. The zero-order chi connectivity index (χ0) is 27.0.